The number of thiazole rings is 1. The summed E-state index contributed by atoms with van der Waals surface area (Å²) >= 11 is 3.91. The van der Waals surface area contributed by atoms with Crippen LogP contribution in [0.5, 0.6) is 0 Å². The van der Waals surface area contributed by atoms with Crippen molar-refractivity contribution in [1.82, 2.24) is 15.0 Å². The fraction of sp³-hybridized carbons (Fsp3) is 0.500. The van der Waals surface area contributed by atoms with Gasteiger partial charge in [-0.15, -0.1) is 11.3 Å². The molecule has 0 aromatic carbocycles. The van der Waals surface area contributed by atoms with Crippen LogP contribution in [0.15, 0.2) is 11.6 Å². The summed E-state index contributed by atoms with van der Waals surface area (Å²) in [6.07, 6.45) is 2.91. The molecule has 2 aromatic rings. The quantitative estimate of drug-likeness (QED) is 0.774. The van der Waals surface area contributed by atoms with Crippen LogP contribution in [0.2, 0.25) is 0 Å². The Labute approximate surface area is 137 Å². The smallest absolute Gasteiger partial charge is 0.181 e. The Morgan fingerprint density at radius 1 is 1.30 bits per heavy atom. The third kappa shape index (κ3) is 3.66. The molecule has 4 nitrogen and oxygen atoms in total. The molecule has 0 aliphatic carbocycles. The van der Waals surface area contributed by atoms with Gasteiger partial charge in [0.2, 0.25) is 0 Å². The summed E-state index contributed by atoms with van der Waals surface area (Å²) in [6, 6.07) is 0. The number of anilines is 1. The largest absolute Gasteiger partial charge is 0.369 e. The minimum atomic E-state index is 0.0649. The van der Waals surface area contributed by atoms with Gasteiger partial charge in [-0.25, -0.2) is 15.0 Å². The number of aromatic nitrogens is 3. The molecular formula is C14H19IN4S. The van der Waals surface area contributed by atoms with Gasteiger partial charge in [0, 0.05) is 23.5 Å². The highest BCUT2D eigenvalue weighted by molar-refractivity contribution is 14.1. The van der Waals surface area contributed by atoms with E-state index in [4.69, 9.17) is 0 Å². The number of halogens is 1. The molecule has 0 saturated carbocycles. The molecule has 0 atom stereocenters. The van der Waals surface area contributed by atoms with Crippen molar-refractivity contribution in [2.24, 2.45) is 0 Å². The van der Waals surface area contributed by atoms with Gasteiger partial charge in [0.05, 0.1) is 8.58 Å². The molecule has 0 radical (unpaired) electrons. The van der Waals surface area contributed by atoms with E-state index in [0.717, 1.165) is 33.1 Å². The summed E-state index contributed by atoms with van der Waals surface area (Å²) in [5.41, 5.74) is 0.922. The van der Waals surface area contributed by atoms with Gasteiger partial charge in [-0.3, -0.25) is 0 Å². The molecule has 108 valence electrons. The zero-order valence-corrected chi connectivity index (χ0v) is 15.2. The second-order valence-corrected chi connectivity index (χ2v) is 7.63. The van der Waals surface area contributed by atoms with E-state index >= 15 is 0 Å². The molecule has 6 heteroatoms. The molecule has 1 N–H and O–H groups in total. The van der Waals surface area contributed by atoms with Crippen molar-refractivity contribution in [1.29, 1.82) is 0 Å². The SMILES string of the molecule is CCCNc1nc(-c2csc(C(C)(C)C)n2)ncc1I. The van der Waals surface area contributed by atoms with E-state index in [-0.39, 0.29) is 5.41 Å². The highest BCUT2D eigenvalue weighted by Gasteiger charge is 2.19. The van der Waals surface area contributed by atoms with Gasteiger partial charge in [-0.05, 0) is 29.0 Å². The average molecular weight is 402 g/mol. The van der Waals surface area contributed by atoms with Crippen LogP contribution < -0.4 is 5.32 Å². The van der Waals surface area contributed by atoms with Gasteiger partial charge in [0.15, 0.2) is 5.82 Å². The number of nitrogens with zero attached hydrogens (tertiary/aromatic N) is 3. The summed E-state index contributed by atoms with van der Waals surface area (Å²) in [4.78, 5) is 13.7. The Bertz CT molecular complexity index is 589. The molecular weight excluding hydrogens is 383 g/mol. The van der Waals surface area contributed by atoms with Crippen LogP contribution in [-0.4, -0.2) is 21.5 Å². The molecule has 2 rings (SSSR count). The monoisotopic (exact) mass is 402 g/mol. The lowest BCUT2D eigenvalue weighted by atomic mass is 9.98. The number of rotatable bonds is 4. The molecule has 20 heavy (non-hydrogen) atoms. The highest BCUT2D eigenvalue weighted by atomic mass is 127. The Hall–Kier alpha value is -0.760. The van der Waals surface area contributed by atoms with Crippen molar-refractivity contribution >= 4 is 39.7 Å². The van der Waals surface area contributed by atoms with Crippen molar-refractivity contribution in [3.8, 4) is 11.5 Å². The summed E-state index contributed by atoms with van der Waals surface area (Å²) < 4.78 is 1.03. The summed E-state index contributed by atoms with van der Waals surface area (Å²) in [7, 11) is 0. The topological polar surface area (TPSA) is 50.7 Å². The molecule has 0 amide bonds. The third-order valence-corrected chi connectivity index (χ3v) is 4.72. The molecule has 2 heterocycles. The fourth-order valence-corrected chi connectivity index (χ4v) is 2.92. The molecule has 0 aliphatic rings. The molecule has 0 saturated heterocycles. The molecule has 0 aliphatic heterocycles. The lowest BCUT2D eigenvalue weighted by Gasteiger charge is -2.13. The minimum Gasteiger partial charge on any atom is -0.369 e. The molecule has 0 unspecified atom stereocenters. The summed E-state index contributed by atoms with van der Waals surface area (Å²) in [5.74, 6) is 1.58. The van der Waals surface area contributed by atoms with Crippen molar-refractivity contribution < 1.29 is 0 Å². The summed E-state index contributed by atoms with van der Waals surface area (Å²) in [6.45, 7) is 9.55. The van der Waals surface area contributed by atoms with Gasteiger partial charge < -0.3 is 5.32 Å². The normalized spacial score (nSPS) is 11.7. The lowest BCUT2D eigenvalue weighted by Crippen LogP contribution is -2.10. The van der Waals surface area contributed by atoms with E-state index < -0.39 is 0 Å². The van der Waals surface area contributed by atoms with Gasteiger partial charge in [0.1, 0.15) is 11.5 Å². The Morgan fingerprint density at radius 3 is 2.65 bits per heavy atom. The van der Waals surface area contributed by atoms with E-state index in [9.17, 15) is 0 Å². The van der Waals surface area contributed by atoms with Crippen LogP contribution >= 0.6 is 33.9 Å². The van der Waals surface area contributed by atoms with E-state index in [1.807, 2.05) is 11.6 Å². The molecule has 0 bridgehead atoms. The summed E-state index contributed by atoms with van der Waals surface area (Å²) in [5, 5.41) is 6.47. The molecule has 2 aromatic heterocycles. The third-order valence-electron chi connectivity index (χ3n) is 2.66. The van der Waals surface area contributed by atoms with Gasteiger partial charge >= 0.3 is 0 Å². The van der Waals surface area contributed by atoms with E-state index in [1.165, 1.54) is 0 Å². The van der Waals surface area contributed by atoms with Crippen LogP contribution in [0.4, 0.5) is 5.82 Å². The van der Waals surface area contributed by atoms with E-state index in [1.54, 1.807) is 11.3 Å². The molecule has 0 fully saturated rings. The Morgan fingerprint density at radius 2 is 2.05 bits per heavy atom. The standard InChI is InChI=1S/C14H19IN4S/c1-5-6-16-11-9(15)7-17-12(19-11)10-8-20-13(18-10)14(2,3)4/h7-8H,5-6H2,1-4H3,(H,16,17,19). The number of hydrogen-bond acceptors (Lipinski definition) is 5. The highest BCUT2D eigenvalue weighted by Crippen LogP contribution is 2.29. The van der Waals surface area contributed by atoms with Gasteiger partial charge in [-0.1, -0.05) is 27.7 Å². The first kappa shape index (κ1) is 15.6. The number of hydrogen-bond donors (Lipinski definition) is 1. The van der Waals surface area contributed by atoms with Crippen molar-refractivity contribution in [3.05, 3.63) is 20.2 Å². The lowest BCUT2D eigenvalue weighted by molar-refractivity contribution is 0.586. The maximum absolute atomic E-state index is 4.67. The zero-order valence-electron chi connectivity index (χ0n) is 12.2. The molecule has 0 spiro atoms. The van der Waals surface area contributed by atoms with E-state index in [0.29, 0.717) is 5.82 Å². The average Bonchev–Trinajstić information content (AvgIpc) is 2.87. The maximum atomic E-state index is 4.67. The fourth-order valence-electron chi connectivity index (χ4n) is 1.58. The Balaban J connectivity index is 2.31. The minimum absolute atomic E-state index is 0.0649. The van der Waals surface area contributed by atoms with E-state index in [2.05, 4.69) is 70.6 Å². The maximum Gasteiger partial charge on any atom is 0.181 e. The first-order valence-corrected chi connectivity index (χ1v) is 8.60. The second kappa shape index (κ2) is 6.34. The van der Waals surface area contributed by atoms with Crippen molar-refractivity contribution in [3.63, 3.8) is 0 Å². The van der Waals surface area contributed by atoms with Gasteiger partial charge in [0.25, 0.3) is 0 Å². The van der Waals surface area contributed by atoms with Crippen LogP contribution in [0.25, 0.3) is 11.5 Å². The van der Waals surface area contributed by atoms with Crippen LogP contribution in [0.1, 0.15) is 39.1 Å². The first-order valence-electron chi connectivity index (χ1n) is 6.64. The van der Waals surface area contributed by atoms with Crippen LogP contribution in [-0.2, 0) is 5.41 Å². The first-order chi connectivity index (χ1) is 9.41. The number of nitrogens with one attached hydrogen (secondary N) is 1. The van der Waals surface area contributed by atoms with Crippen molar-refractivity contribution in [2.75, 3.05) is 11.9 Å². The van der Waals surface area contributed by atoms with Gasteiger partial charge in [-0.2, -0.15) is 0 Å². The zero-order chi connectivity index (χ0) is 14.8. The predicted octanol–water partition coefficient (Wildman–Crippen LogP) is 4.32. The van der Waals surface area contributed by atoms with Crippen LogP contribution in [0.3, 0.4) is 0 Å². The predicted molar refractivity (Wildman–Crippen MR) is 93.3 cm³/mol. The second-order valence-electron chi connectivity index (χ2n) is 5.60. The van der Waals surface area contributed by atoms with Crippen LogP contribution in [0, 0.1) is 3.57 Å². The van der Waals surface area contributed by atoms with Crippen molar-refractivity contribution in [2.45, 2.75) is 39.5 Å². The Kier molecular flexibility index (Phi) is 4.95.